The van der Waals surface area contributed by atoms with Crippen LogP contribution >= 0.6 is 7.82 Å². The van der Waals surface area contributed by atoms with Crippen LogP contribution in [-0.4, -0.2) is 45.9 Å². The van der Waals surface area contributed by atoms with Gasteiger partial charge in [0.15, 0.2) is 11.5 Å². The third-order valence-electron chi connectivity index (χ3n) is 6.08. The lowest BCUT2D eigenvalue weighted by atomic mass is 9.82. The Morgan fingerprint density at radius 3 is 2.52 bits per heavy atom. The molecule has 2 aliphatic rings. The molecule has 0 saturated heterocycles. The van der Waals surface area contributed by atoms with Crippen molar-refractivity contribution in [1.82, 2.24) is 9.97 Å². The van der Waals surface area contributed by atoms with Gasteiger partial charge in [-0.15, -0.1) is 0 Å². The quantitative estimate of drug-likeness (QED) is 0.540. The van der Waals surface area contributed by atoms with Gasteiger partial charge in [-0.3, -0.25) is 9.05 Å². The zero-order valence-corrected chi connectivity index (χ0v) is 20.3. The number of hydrogen-bond donors (Lipinski definition) is 2. The third kappa shape index (κ3) is 5.27. The van der Waals surface area contributed by atoms with Crippen LogP contribution in [0.1, 0.15) is 63.5 Å². The van der Waals surface area contributed by atoms with E-state index in [-0.39, 0.29) is 12.7 Å². The maximum absolute atomic E-state index is 11.9. The number of ether oxygens (including phenoxy) is 1. The molecule has 2 heterocycles. The molecule has 1 aliphatic heterocycles. The molecule has 1 fully saturated rings. The Labute approximate surface area is 194 Å². The van der Waals surface area contributed by atoms with Crippen LogP contribution in [0.2, 0.25) is 0 Å². The number of anilines is 1. The van der Waals surface area contributed by atoms with Gasteiger partial charge in [-0.1, -0.05) is 24.3 Å². The molecule has 1 aromatic heterocycles. The van der Waals surface area contributed by atoms with E-state index in [1.165, 1.54) is 11.9 Å². The molecule has 1 unspecified atom stereocenters. The normalized spacial score (nSPS) is 23.6. The summed E-state index contributed by atoms with van der Waals surface area (Å²) < 4.78 is 28.2. The first-order valence-corrected chi connectivity index (χ1v) is 12.8. The number of hydrogen-bond acceptors (Lipinski definition) is 8. The topological polar surface area (TPSA) is 115 Å². The SMILES string of the molecule is CCOP(=O)(O)OC1CCC(c2ccc(C3=Nc4c(NC)ncnc4OC3(C)C)cc2)CC1. The van der Waals surface area contributed by atoms with Crippen LogP contribution in [-0.2, 0) is 13.6 Å². The van der Waals surface area contributed by atoms with Crippen molar-refractivity contribution in [1.29, 1.82) is 0 Å². The molecular weight excluding hydrogens is 443 g/mol. The van der Waals surface area contributed by atoms with E-state index >= 15 is 0 Å². The van der Waals surface area contributed by atoms with Crippen molar-refractivity contribution in [3.8, 4) is 5.88 Å². The molecule has 1 atom stereocenters. The van der Waals surface area contributed by atoms with Crippen LogP contribution in [0.4, 0.5) is 11.5 Å². The number of fused-ring (bicyclic) bond motifs is 1. The van der Waals surface area contributed by atoms with Gasteiger partial charge in [0.25, 0.3) is 0 Å². The molecule has 1 aromatic carbocycles. The summed E-state index contributed by atoms with van der Waals surface area (Å²) in [5.41, 5.74) is 3.01. The van der Waals surface area contributed by atoms with Gasteiger partial charge in [-0.25, -0.2) is 14.5 Å². The summed E-state index contributed by atoms with van der Waals surface area (Å²) in [5.74, 6) is 1.47. The smallest absolute Gasteiger partial charge is 0.463 e. The van der Waals surface area contributed by atoms with E-state index in [4.69, 9.17) is 18.8 Å². The van der Waals surface area contributed by atoms with Crippen LogP contribution in [0.5, 0.6) is 5.88 Å². The minimum Gasteiger partial charge on any atom is -0.463 e. The molecule has 0 bridgehead atoms. The number of nitrogens with zero attached hydrogens (tertiary/aromatic N) is 3. The van der Waals surface area contributed by atoms with Crippen molar-refractivity contribution in [3.63, 3.8) is 0 Å². The number of rotatable bonds is 7. The van der Waals surface area contributed by atoms with Gasteiger partial charge in [0.05, 0.1) is 18.4 Å². The highest BCUT2D eigenvalue weighted by atomic mass is 31.2. The standard InChI is InChI=1S/C23H31N4O5P/c1-5-30-33(28,29)32-18-12-10-16(11-13-18)15-6-8-17(9-7-15)20-23(2,3)31-22-19(27-20)21(24-4)25-14-26-22/h6-9,14,16,18H,5,10-13H2,1-4H3,(H,28,29)(H,24,25,26). The number of nitrogens with one attached hydrogen (secondary N) is 1. The second-order valence-corrected chi connectivity index (χ2v) is 10.2. The molecular formula is C23H31N4O5P. The number of phosphoric acid groups is 1. The summed E-state index contributed by atoms with van der Waals surface area (Å²) in [5, 5.41) is 3.04. The lowest BCUT2D eigenvalue weighted by Gasteiger charge is -2.32. The Bertz CT molecular complexity index is 1070. The van der Waals surface area contributed by atoms with Crippen molar-refractivity contribution in [2.75, 3.05) is 19.0 Å². The zero-order chi connectivity index (χ0) is 23.6. The molecule has 0 amide bonds. The van der Waals surface area contributed by atoms with Gasteiger partial charge in [0.1, 0.15) is 11.9 Å². The van der Waals surface area contributed by atoms with Crippen molar-refractivity contribution in [2.24, 2.45) is 4.99 Å². The first-order valence-electron chi connectivity index (χ1n) is 11.3. The van der Waals surface area contributed by atoms with Gasteiger partial charge < -0.3 is 14.9 Å². The Kier molecular flexibility index (Phi) is 6.86. The van der Waals surface area contributed by atoms with Crippen LogP contribution in [0.25, 0.3) is 0 Å². The minimum absolute atomic E-state index is 0.150. The summed E-state index contributed by atoms with van der Waals surface area (Å²) >= 11 is 0. The summed E-state index contributed by atoms with van der Waals surface area (Å²) in [4.78, 5) is 23.1. The van der Waals surface area contributed by atoms with E-state index in [9.17, 15) is 9.46 Å². The predicted octanol–water partition coefficient (Wildman–Crippen LogP) is 4.99. The Hall–Kier alpha value is -2.32. The molecule has 2 aromatic rings. The van der Waals surface area contributed by atoms with Gasteiger partial charge >= 0.3 is 7.82 Å². The summed E-state index contributed by atoms with van der Waals surface area (Å²) in [6.45, 7) is 5.78. The summed E-state index contributed by atoms with van der Waals surface area (Å²) in [6.07, 6.45) is 4.44. The number of phosphoric ester groups is 1. The van der Waals surface area contributed by atoms with E-state index in [1.54, 1.807) is 14.0 Å². The molecule has 9 nitrogen and oxygen atoms in total. The van der Waals surface area contributed by atoms with Crippen LogP contribution in [0, 0.1) is 0 Å². The van der Waals surface area contributed by atoms with Crippen molar-refractivity contribution in [3.05, 3.63) is 41.7 Å². The van der Waals surface area contributed by atoms with Crippen LogP contribution < -0.4 is 10.1 Å². The fourth-order valence-electron chi connectivity index (χ4n) is 4.47. The molecule has 10 heteroatoms. The molecule has 178 valence electrons. The maximum Gasteiger partial charge on any atom is 0.472 e. The first kappa shape index (κ1) is 23.8. The van der Waals surface area contributed by atoms with E-state index in [1.807, 2.05) is 13.8 Å². The van der Waals surface area contributed by atoms with Crippen molar-refractivity contribution >= 4 is 25.0 Å². The fraction of sp³-hybridized carbons (Fsp3) is 0.522. The van der Waals surface area contributed by atoms with E-state index in [2.05, 4.69) is 39.6 Å². The van der Waals surface area contributed by atoms with Crippen molar-refractivity contribution in [2.45, 2.75) is 64.1 Å². The van der Waals surface area contributed by atoms with E-state index in [0.29, 0.717) is 23.3 Å². The van der Waals surface area contributed by atoms with Gasteiger partial charge in [0, 0.05) is 12.6 Å². The highest BCUT2D eigenvalue weighted by Crippen LogP contribution is 2.48. The molecule has 1 aliphatic carbocycles. The third-order valence-corrected chi connectivity index (χ3v) is 7.22. The summed E-state index contributed by atoms with van der Waals surface area (Å²) in [6, 6.07) is 8.42. The highest BCUT2D eigenvalue weighted by Gasteiger charge is 2.35. The van der Waals surface area contributed by atoms with Gasteiger partial charge in [0.2, 0.25) is 5.88 Å². The second kappa shape index (κ2) is 9.50. The average molecular weight is 474 g/mol. The molecule has 0 spiro atoms. The molecule has 4 rings (SSSR count). The lowest BCUT2D eigenvalue weighted by molar-refractivity contribution is 0.0812. The zero-order valence-electron chi connectivity index (χ0n) is 19.4. The van der Waals surface area contributed by atoms with Gasteiger partial charge in [-0.2, -0.15) is 4.98 Å². The largest absolute Gasteiger partial charge is 0.472 e. The average Bonchev–Trinajstić information content (AvgIpc) is 2.78. The lowest BCUT2D eigenvalue weighted by Crippen LogP contribution is -2.41. The monoisotopic (exact) mass is 474 g/mol. The molecule has 1 saturated carbocycles. The highest BCUT2D eigenvalue weighted by molar-refractivity contribution is 7.47. The number of benzene rings is 1. The Balaban J connectivity index is 1.48. The predicted molar refractivity (Wildman–Crippen MR) is 126 cm³/mol. The number of aliphatic imine (C=N–C) groups is 1. The fourth-order valence-corrected chi connectivity index (χ4v) is 5.44. The maximum atomic E-state index is 11.9. The second-order valence-electron chi connectivity index (χ2n) is 8.79. The van der Waals surface area contributed by atoms with Crippen LogP contribution in [0.15, 0.2) is 35.6 Å². The van der Waals surface area contributed by atoms with Crippen molar-refractivity contribution < 1.29 is 23.2 Å². The summed E-state index contributed by atoms with van der Waals surface area (Å²) in [7, 11) is -2.16. The molecule has 2 N–H and O–H groups in total. The Morgan fingerprint density at radius 2 is 1.88 bits per heavy atom. The minimum atomic E-state index is -3.96. The first-order chi connectivity index (χ1) is 15.7. The van der Waals surface area contributed by atoms with Crippen LogP contribution in [0.3, 0.4) is 0 Å². The molecule has 0 radical (unpaired) electrons. The Morgan fingerprint density at radius 1 is 1.18 bits per heavy atom. The van der Waals surface area contributed by atoms with E-state index in [0.717, 1.165) is 37.0 Å². The van der Waals surface area contributed by atoms with E-state index < -0.39 is 13.4 Å². The van der Waals surface area contributed by atoms with Gasteiger partial charge in [-0.05, 0) is 57.9 Å². The molecule has 33 heavy (non-hydrogen) atoms. The number of aromatic nitrogens is 2.